The molecule has 1 fully saturated rings. The maximum atomic E-state index is 14.5. The van der Waals surface area contributed by atoms with Crippen molar-refractivity contribution in [1.29, 1.82) is 0 Å². The fourth-order valence-corrected chi connectivity index (χ4v) is 12.9. The van der Waals surface area contributed by atoms with Gasteiger partial charge in [-0.2, -0.15) is 0 Å². The van der Waals surface area contributed by atoms with Crippen LogP contribution in [-0.2, 0) is 41.7 Å². The van der Waals surface area contributed by atoms with Gasteiger partial charge in [-0.25, -0.2) is 0 Å². The second-order valence-electron chi connectivity index (χ2n) is 12.1. The van der Waals surface area contributed by atoms with Gasteiger partial charge in [-0.05, 0) is 0 Å². The number of benzene rings is 2. The van der Waals surface area contributed by atoms with Gasteiger partial charge in [-0.3, -0.25) is 0 Å². The van der Waals surface area contributed by atoms with Crippen LogP contribution in [0.2, 0.25) is 5.04 Å². The summed E-state index contributed by atoms with van der Waals surface area (Å²) >= 11 is 0. The molecule has 1 saturated heterocycles. The van der Waals surface area contributed by atoms with Crippen molar-refractivity contribution in [3.8, 4) is 0 Å². The van der Waals surface area contributed by atoms with Gasteiger partial charge < -0.3 is 0 Å². The summed E-state index contributed by atoms with van der Waals surface area (Å²) in [7, 11) is -6.25. The molecule has 0 spiro atoms. The number of aromatic nitrogens is 2. The van der Waals surface area contributed by atoms with E-state index >= 15 is 0 Å². The number of ether oxygens (including phenoxy) is 3. The zero-order valence-corrected chi connectivity index (χ0v) is 30.0. The number of hydrogen-bond acceptors (Lipinski definition) is 11. The number of carbonyl (C=O) groups excluding carboxylic acids is 1. The zero-order valence-electron chi connectivity index (χ0n) is 28.1. The minimum atomic E-state index is -4.30. The monoisotopic (exact) mass is 700 g/mol. The van der Waals surface area contributed by atoms with E-state index < -0.39 is 68.6 Å². The Labute approximate surface area is 281 Å². The molecule has 2 heterocycles. The van der Waals surface area contributed by atoms with Crippen molar-refractivity contribution in [1.82, 2.24) is 9.05 Å². The van der Waals surface area contributed by atoms with Crippen molar-refractivity contribution in [3.63, 3.8) is 0 Å². The summed E-state index contributed by atoms with van der Waals surface area (Å²) in [6.45, 7) is 10.5. The van der Waals surface area contributed by atoms with Crippen LogP contribution in [0.25, 0.3) is 0 Å². The SMILES string of the molecule is CCOP(=O)(OCC)C(OC(C)=O)[C@H]1O[C@@H](n2ccc(=O)n(B=O)c2=O)[C@H](OC)[C@@H]1O[Si](c1ccccc1)(c1ccccc1)C(C)(C)C. The molecule has 3 aromatic rings. The molecule has 0 bridgehead atoms. The van der Waals surface area contributed by atoms with Crippen LogP contribution in [0.3, 0.4) is 0 Å². The molecule has 1 unspecified atom stereocenters. The van der Waals surface area contributed by atoms with E-state index in [4.69, 9.17) is 27.7 Å². The third-order valence-corrected chi connectivity index (χ3v) is 15.4. The molecule has 0 radical (unpaired) electrons. The van der Waals surface area contributed by atoms with E-state index in [0.717, 1.165) is 27.9 Å². The van der Waals surface area contributed by atoms with Gasteiger partial charge in [0, 0.05) is 0 Å². The number of methoxy groups -OCH3 is 1. The average molecular weight is 701 g/mol. The molecule has 16 heteroatoms. The van der Waals surface area contributed by atoms with Crippen LogP contribution in [0.5, 0.6) is 0 Å². The summed E-state index contributed by atoms with van der Waals surface area (Å²) in [5, 5.41) is 1.24. The van der Waals surface area contributed by atoms with E-state index in [1.807, 2.05) is 60.7 Å². The second kappa shape index (κ2) is 15.5. The Balaban J connectivity index is 2.06. The second-order valence-corrected chi connectivity index (χ2v) is 18.5. The molecular weight excluding hydrogens is 658 g/mol. The van der Waals surface area contributed by atoms with Gasteiger partial charge in [0.1, 0.15) is 0 Å². The molecule has 48 heavy (non-hydrogen) atoms. The van der Waals surface area contributed by atoms with Crippen LogP contribution >= 0.6 is 7.60 Å². The van der Waals surface area contributed by atoms with Gasteiger partial charge in [0.25, 0.3) is 0 Å². The van der Waals surface area contributed by atoms with Crippen LogP contribution in [0.1, 0.15) is 47.8 Å². The Morgan fingerprint density at radius 3 is 1.94 bits per heavy atom. The van der Waals surface area contributed by atoms with Crippen LogP contribution in [-0.4, -0.2) is 75.1 Å². The number of rotatable bonds is 14. The van der Waals surface area contributed by atoms with Gasteiger partial charge in [-0.1, -0.05) is 0 Å². The van der Waals surface area contributed by atoms with Gasteiger partial charge in [0.2, 0.25) is 0 Å². The van der Waals surface area contributed by atoms with Gasteiger partial charge in [0.15, 0.2) is 0 Å². The quantitative estimate of drug-likeness (QED) is 0.139. The van der Waals surface area contributed by atoms with Crippen molar-refractivity contribution in [2.24, 2.45) is 0 Å². The van der Waals surface area contributed by atoms with Gasteiger partial charge in [0.05, 0.1) is 0 Å². The third-order valence-electron chi connectivity index (χ3n) is 8.15. The van der Waals surface area contributed by atoms with E-state index in [2.05, 4.69) is 20.8 Å². The molecule has 1 aromatic heterocycles. The summed E-state index contributed by atoms with van der Waals surface area (Å²) in [6, 6.07) is 20.4. The Bertz CT molecular complexity index is 1680. The van der Waals surface area contributed by atoms with Crippen molar-refractivity contribution in [3.05, 3.63) is 93.8 Å². The molecular formula is C32H42BN2O11PSi. The van der Waals surface area contributed by atoms with Crippen molar-refractivity contribution in [2.75, 3.05) is 20.3 Å². The molecule has 0 amide bonds. The van der Waals surface area contributed by atoms with Gasteiger partial charge >= 0.3 is 281 Å². The molecule has 2 aromatic carbocycles. The molecule has 0 aliphatic carbocycles. The Kier molecular flexibility index (Phi) is 12.1. The number of carbonyl (C=O) groups is 1. The van der Waals surface area contributed by atoms with E-state index in [-0.39, 0.29) is 20.5 Å². The maximum absolute atomic E-state index is 14.5. The molecule has 4 rings (SSSR count). The Morgan fingerprint density at radius 1 is 0.958 bits per heavy atom. The zero-order chi connectivity index (χ0) is 35.3. The summed E-state index contributed by atoms with van der Waals surface area (Å²) < 4.78 is 64.7. The first kappa shape index (κ1) is 37.5. The Hall–Kier alpha value is -3.30. The molecule has 13 nitrogen and oxygen atoms in total. The molecule has 1 aliphatic heterocycles. The normalized spacial score (nSPS) is 20.6. The van der Waals surface area contributed by atoms with E-state index in [1.54, 1.807) is 13.8 Å². The van der Waals surface area contributed by atoms with Crippen LogP contribution in [0, 0.1) is 0 Å². The number of nitrogens with zero attached hydrogens (tertiary/aromatic N) is 2. The van der Waals surface area contributed by atoms with Crippen molar-refractivity contribution >= 4 is 39.5 Å². The van der Waals surface area contributed by atoms with Crippen LogP contribution in [0.15, 0.2) is 82.5 Å². The predicted molar refractivity (Wildman–Crippen MR) is 180 cm³/mol. The van der Waals surface area contributed by atoms with E-state index in [1.165, 1.54) is 13.3 Å². The first-order valence-corrected chi connectivity index (χ1v) is 19.1. The van der Waals surface area contributed by atoms with Crippen molar-refractivity contribution in [2.45, 2.75) is 77.0 Å². The standard InChI is InChI=1S/C32H42BN2O11PSi/c1-8-42-47(40,43-9-2)30(44-22(3)36)28-26(27(41-7)29(45-28)34-21-20-25(37)35(33-39)31(34)38)46-48(32(4,5)6,23-16-12-10-13-17-23)24-18-14-11-15-19-24/h10-21,26-30H,8-9H2,1-7H3/t26-,27+,28-,29+,30?/m0/s1. The average Bonchev–Trinajstić information content (AvgIpc) is 3.40. The summed E-state index contributed by atoms with van der Waals surface area (Å²) in [5.41, 5.74) is -1.85. The molecule has 0 saturated carbocycles. The fraction of sp³-hybridized carbons (Fsp3) is 0.469. The predicted octanol–water partition coefficient (Wildman–Crippen LogP) is 2.84. The summed E-state index contributed by atoms with van der Waals surface area (Å²) in [5.74, 6) is -2.47. The first-order chi connectivity index (χ1) is 22.8. The molecule has 258 valence electrons. The van der Waals surface area contributed by atoms with Gasteiger partial charge in [-0.15, -0.1) is 0 Å². The molecule has 1 aliphatic rings. The number of hydrogen-bond donors (Lipinski definition) is 0. The fourth-order valence-electron chi connectivity index (χ4n) is 6.22. The summed E-state index contributed by atoms with van der Waals surface area (Å²) in [4.78, 5) is 38.4. The van der Waals surface area contributed by atoms with E-state index in [9.17, 15) is 23.7 Å². The third kappa shape index (κ3) is 7.18. The molecule has 0 N–H and O–H groups in total. The number of esters is 1. The van der Waals surface area contributed by atoms with E-state index in [0.29, 0.717) is 4.48 Å². The van der Waals surface area contributed by atoms with Crippen LogP contribution < -0.4 is 21.6 Å². The first-order valence-electron chi connectivity index (χ1n) is 15.6. The molecule has 5 atom stereocenters. The minimum absolute atomic E-state index is 0.0527. The topological polar surface area (TPSA) is 151 Å². The Morgan fingerprint density at radius 2 is 1.50 bits per heavy atom. The van der Waals surface area contributed by atoms with Crippen molar-refractivity contribution < 1.29 is 41.7 Å². The summed E-state index contributed by atoms with van der Waals surface area (Å²) in [6.07, 6.45) is -3.90. The van der Waals surface area contributed by atoms with Crippen LogP contribution in [0.4, 0.5) is 0 Å².